The van der Waals surface area contributed by atoms with Crippen molar-refractivity contribution in [2.45, 2.75) is 25.7 Å². The average molecular weight is 464 g/mol. The minimum Gasteiger partial charge on any atom is -0.493 e. The van der Waals surface area contributed by atoms with E-state index in [2.05, 4.69) is 10.1 Å². The van der Waals surface area contributed by atoms with E-state index in [-0.39, 0.29) is 23.7 Å². The number of benzene rings is 2. The van der Waals surface area contributed by atoms with Gasteiger partial charge in [0.1, 0.15) is 11.6 Å². The van der Waals surface area contributed by atoms with Gasteiger partial charge in [-0.15, -0.1) is 0 Å². The molecule has 2 aromatic heterocycles. The van der Waals surface area contributed by atoms with Crippen LogP contribution in [0.15, 0.2) is 54.9 Å². The zero-order chi connectivity index (χ0) is 24.9. The van der Waals surface area contributed by atoms with E-state index >= 15 is 4.39 Å². The average Bonchev–Trinajstić information content (AvgIpc) is 3.29. The third kappa shape index (κ3) is 3.99. The van der Waals surface area contributed by atoms with Gasteiger partial charge in [-0.1, -0.05) is 26.0 Å². The second-order valence-electron chi connectivity index (χ2n) is 9.30. The predicted octanol–water partition coefficient (Wildman–Crippen LogP) is 3.91. The highest BCUT2D eigenvalue weighted by Gasteiger charge is 2.43. The lowest BCUT2D eigenvalue weighted by atomic mass is 9.59. The molecule has 0 saturated carbocycles. The molecule has 1 aliphatic heterocycles. The van der Waals surface area contributed by atoms with Crippen LogP contribution in [0.2, 0.25) is 0 Å². The van der Waals surface area contributed by atoms with E-state index in [1.54, 1.807) is 22.9 Å². The maximum absolute atomic E-state index is 15.8. The molecule has 9 heteroatoms. The van der Waals surface area contributed by atoms with E-state index in [0.717, 1.165) is 16.5 Å². The lowest BCUT2D eigenvalue weighted by Crippen LogP contribution is -2.45. The molecule has 0 fully saturated rings. The highest BCUT2D eigenvalue weighted by molar-refractivity contribution is 6.42. The summed E-state index contributed by atoms with van der Waals surface area (Å²) in [7, 11) is 14.5. The number of pyridine rings is 1. The first-order valence-electron chi connectivity index (χ1n) is 11.4. The number of carbonyl (C=O) groups is 1. The topological polar surface area (TPSA) is 60.2 Å². The van der Waals surface area contributed by atoms with Gasteiger partial charge in [0.2, 0.25) is 0 Å². The van der Waals surface area contributed by atoms with E-state index in [9.17, 15) is 4.79 Å². The van der Waals surface area contributed by atoms with Crippen LogP contribution >= 0.6 is 0 Å². The first-order valence-corrected chi connectivity index (χ1v) is 11.4. The molecule has 6 nitrogen and oxygen atoms in total. The standard InChI is InChI=1S/C26H23B2FN4O2/c1-15(2)14-35-23-11-16(17-6-4-8-22-19(17)12-32(3)31-22)10-21(29)20(23)13-33-25(34)18-7-5-9-30-24(18)26(33,27)28/h4-12,15H,13-14H2,1-3H3. The van der Waals surface area contributed by atoms with Crippen molar-refractivity contribution in [3.05, 3.63) is 77.5 Å². The Balaban J connectivity index is 1.59. The Bertz CT molecular complexity index is 1450. The van der Waals surface area contributed by atoms with Gasteiger partial charge in [0.15, 0.2) is 0 Å². The summed E-state index contributed by atoms with van der Waals surface area (Å²) in [6, 6.07) is 12.2. The van der Waals surface area contributed by atoms with Crippen molar-refractivity contribution < 1.29 is 13.9 Å². The molecule has 4 radical (unpaired) electrons. The Hall–Kier alpha value is -3.61. The van der Waals surface area contributed by atoms with Crippen LogP contribution in [0.4, 0.5) is 4.39 Å². The van der Waals surface area contributed by atoms with Gasteiger partial charge in [0.25, 0.3) is 5.91 Å². The Morgan fingerprint density at radius 2 is 1.91 bits per heavy atom. The molecule has 0 unspecified atom stereocenters. The molecule has 0 bridgehead atoms. The molecule has 0 aliphatic carbocycles. The lowest BCUT2D eigenvalue weighted by Gasteiger charge is -2.33. The number of fused-ring (bicyclic) bond motifs is 2. The molecule has 172 valence electrons. The first kappa shape index (κ1) is 23.1. The SMILES string of the molecule is [B]C1([B])c2ncccc2C(=O)N1Cc1c(F)cc(-c2cccc3nn(C)cc23)cc1OCC(C)C. The number of aryl methyl sites for hydroxylation is 1. The molecular formula is C26H23B2FN4O2. The Morgan fingerprint density at radius 1 is 1.14 bits per heavy atom. The second-order valence-corrected chi connectivity index (χ2v) is 9.30. The Kier molecular flexibility index (Phi) is 5.66. The van der Waals surface area contributed by atoms with Gasteiger partial charge in [0, 0.05) is 35.7 Å². The largest absolute Gasteiger partial charge is 0.493 e. The third-order valence-corrected chi connectivity index (χ3v) is 6.13. The second kappa shape index (κ2) is 8.56. The molecule has 0 atom stereocenters. The maximum Gasteiger partial charge on any atom is 0.255 e. The number of nitrogens with zero attached hydrogens (tertiary/aromatic N) is 4. The number of carbonyl (C=O) groups excluding carboxylic acids is 1. The third-order valence-electron chi connectivity index (χ3n) is 6.13. The number of ether oxygens (including phenoxy) is 1. The predicted molar refractivity (Wildman–Crippen MR) is 134 cm³/mol. The molecule has 0 spiro atoms. The number of hydrogen-bond acceptors (Lipinski definition) is 4. The molecule has 5 rings (SSSR count). The minimum atomic E-state index is -1.67. The zero-order valence-corrected chi connectivity index (χ0v) is 19.8. The van der Waals surface area contributed by atoms with Crippen LogP contribution in [0, 0.1) is 11.7 Å². The molecule has 1 amide bonds. The van der Waals surface area contributed by atoms with Gasteiger partial charge < -0.3 is 9.64 Å². The number of rotatable bonds is 6. The fraction of sp³-hybridized carbons (Fsp3) is 0.269. The highest BCUT2D eigenvalue weighted by atomic mass is 19.1. The number of hydrogen-bond donors (Lipinski definition) is 0. The Labute approximate surface area is 205 Å². The summed E-state index contributed by atoms with van der Waals surface area (Å²) in [4.78, 5) is 18.5. The summed E-state index contributed by atoms with van der Waals surface area (Å²) < 4.78 is 23.5. The minimum absolute atomic E-state index is 0.168. The molecule has 0 N–H and O–H groups in total. The van der Waals surface area contributed by atoms with Crippen molar-refractivity contribution in [3.8, 4) is 16.9 Å². The van der Waals surface area contributed by atoms with Crippen LogP contribution in [0.1, 0.15) is 35.5 Å². The number of halogens is 1. The summed E-state index contributed by atoms with van der Waals surface area (Å²) in [5, 5.41) is 3.68. The van der Waals surface area contributed by atoms with Crippen LogP contribution in [-0.4, -0.2) is 47.9 Å². The van der Waals surface area contributed by atoms with Gasteiger partial charge in [-0.3, -0.25) is 14.5 Å². The number of amides is 1. The summed E-state index contributed by atoms with van der Waals surface area (Å²) in [6.45, 7) is 4.22. The van der Waals surface area contributed by atoms with Gasteiger partial charge in [-0.25, -0.2) is 4.39 Å². The zero-order valence-electron chi connectivity index (χ0n) is 19.8. The van der Waals surface area contributed by atoms with Gasteiger partial charge in [0.05, 0.1) is 45.6 Å². The lowest BCUT2D eigenvalue weighted by molar-refractivity contribution is 0.0727. The van der Waals surface area contributed by atoms with Crippen LogP contribution < -0.4 is 4.74 Å². The van der Waals surface area contributed by atoms with Crippen LogP contribution in [0.5, 0.6) is 5.75 Å². The molecule has 1 aliphatic rings. The van der Waals surface area contributed by atoms with Crippen molar-refractivity contribution in [1.29, 1.82) is 0 Å². The van der Waals surface area contributed by atoms with E-state index in [4.69, 9.17) is 20.4 Å². The molecule has 0 saturated heterocycles. The summed E-state index contributed by atoms with van der Waals surface area (Å²) in [5.41, 5.74) is 3.05. The summed E-state index contributed by atoms with van der Waals surface area (Å²) in [6.07, 6.45) is 3.42. The van der Waals surface area contributed by atoms with Gasteiger partial charge >= 0.3 is 0 Å². The normalized spacial score (nSPS) is 14.7. The highest BCUT2D eigenvalue weighted by Crippen LogP contribution is 2.38. The quantitative estimate of drug-likeness (QED) is 0.407. The fourth-order valence-corrected chi connectivity index (χ4v) is 4.42. The van der Waals surface area contributed by atoms with E-state index in [1.165, 1.54) is 17.2 Å². The Morgan fingerprint density at radius 3 is 2.66 bits per heavy atom. The van der Waals surface area contributed by atoms with Crippen molar-refractivity contribution in [2.24, 2.45) is 13.0 Å². The van der Waals surface area contributed by atoms with Gasteiger partial charge in [-0.05, 0) is 47.4 Å². The number of aromatic nitrogens is 3. The van der Waals surface area contributed by atoms with Crippen molar-refractivity contribution >= 4 is 32.5 Å². The monoisotopic (exact) mass is 464 g/mol. The van der Waals surface area contributed by atoms with Crippen LogP contribution in [0.25, 0.3) is 22.0 Å². The van der Waals surface area contributed by atoms with E-state index in [1.807, 2.05) is 45.3 Å². The molecular weight excluding hydrogens is 441 g/mol. The molecule has 35 heavy (non-hydrogen) atoms. The van der Waals surface area contributed by atoms with Crippen molar-refractivity contribution in [3.63, 3.8) is 0 Å². The van der Waals surface area contributed by atoms with Crippen molar-refractivity contribution in [2.75, 3.05) is 6.61 Å². The summed E-state index contributed by atoms with van der Waals surface area (Å²) >= 11 is 0. The molecule has 3 heterocycles. The van der Waals surface area contributed by atoms with Crippen molar-refractivity contribution in [1.82, 2.24) is 19.7 Å². The summed E-state index contributed by atoms with van der Waals surface area (Å²) in [5.74, 6) is -0.380. The van der Waals surface area contributed by atoms with E-state index < -0.39 is 17.1 Å². The molecule has 2 aromatic carbocycles. The van der Waals surface area contributed by atoms with E-state index in [0.29, 0.717) is 23.5 Å². The fourth-order valence-electron chi connectivity index (χ4n) is 4.42. The van der Waals surface area contributed by atoms with Crippen LogP contribution in [-0.2, 0) is 18.9 Å². The first-order chi connectivity index (χ1) is 16.7. The maximum atomic E-state index is 15.8. The smallest absolute Gasteiger partial charge is 0.255 e. The molecule has 4 aromatic rings. The van der Waals surface area contributed by atoms with Gasteiger partial charge in [-0.2, -0.15) is 5.10 Å². The van der Waals surface area contributed by atoms with Crippen LogP contribution in [0.3, 0.4) is 0 Å².